The van der Waals surface area contributed by atoms with E-state index in [0.29, 0.717) is 12.2 Å². The average molecular weight is 424 g/mol. The highest BCUT2D eigenvalue weighted by Crippen LogP contribution is 2.16. The molecule has 25 heavy (non-hydrogen) atoms. The summed E-state index contributed by atoms with van der Waals surface area (Å²) in [5.41, 5.74) is 7.22. The Morgan fingerprint density at radius 2 is 1.80 bits per heavy atom. The molecule has 1 aliphatic heterocycles. The van der Waals surface area contributed by atoms with Crippen molar-refractivity contribution >= 4 is 53.4 Å². The summed E-state index contributed by atoms with van der Waals surface area (Å²) in [6.07, 6.45) is 0.991. The number of piperazine rings is 1. The molecule has 1 fully saturated rings. The number of hydrogen-bond acceptors (Lipinski definition) is 7. The predicted molar refractivity (Wildman–Crippen MR) is 107 cm³/mol. The van der Waals surface area contributed by atoms with Crippen LogP contribution in [0.25, 0.3) is 0 Å². The van der Waals surface area contributed by atoms with E-state index in [1.54, 1.807) is 16.7 Å². The molecule has 0 bridgehead atoms. The van der Waals surface area contributed by atoms with Gasteiger partial charge in [0.25, 0.3) is 5.91 Å². The number of nitrogens with two attached hydrogens (primary N) is 1. The van der Waals surface area contributed by atoms with Crippen molar-refractivity contribution in [2.24, 2.45) is 5.73 Å². The Hall–Kier alpha value is -0.770. The third-order valence-corrected chi connectivity index (χ3v) is 5.81. The van der Waals surface area contributed by atoms with Crippen LogP contribution < -0.4 is 5.73 Å². The number of aromatic nitrogens is 2. The van der Waals surface area contributed by atoms with Gasteiger partial charge < -0.3 is 10.6 Å². The highest BCUT2D eigenvalue weighted by Gasteiger charge is 2.24. The second-order valence-electron chi connectivity index (χ2n) is 5.49. The van der Waals surface area contributed by atoms with Gasteiger partial charge >= 0.3 is 0 Å². The first kappa shape index (κ1) is 22.3. The van der Waals surface area contributed by atoms with Gasteiger partial charge in [-0.1, -0.05) is 6.92 Å². The first-order chi connectivity index (χ1) is 11.2. The number of nitrogens with zero attached hydrogens (tertiary/aromatic N) is 4. The normalized spacial score (nSPS) is 14.7. The molecule has 1 aliphatic rings. The van der Waals surface area contributed by atoms with E-state index in [0.717, 1.165) is 49.8 Å². The van der Waals surface area contributed by atoms with E-state index in [2.05, 4.69) is 27.2 Å². The summed E-state index contributed by atoms with van der Waals surface area (Å²) in [7, 11) is 0. The smallest absolute Gasteiger partial charge is 0.273 e. The van der Waals surface area contributed by atoms with Gasteiger partial charge in [-0.15, -0.1) is 47.5 Å². The Bertz CT molecular complexity index is 670. The molecule has 3 rings (SSSR count). The summed E-state index contributed by atoms with van der Waals surface area (Å²) in [5, 5.41) is 5.94. The number of carbonyl (C=O) groups is 1. The fourth-order valence-corrected chi connectivity index (χ4v) is 3.97. The van der Waals surface area contributed by atoms with Crippen LogP contribution in [0.15, 0.2) is 10.8 Å². The number of aryl methyl sites for hydroxylation is 1. The van der Waals surface area contributed by atoms with Gasteiger partial charge in [0.15, 0.2) is 0 Å². The summed E-state index contributed by atoms with van der Waals surface area (Å²) < 4.78 is 0. The lowest BCUT2D eigenvalue weighted by atomic mass is 10.2. The summed E-state index contributed by atoms with van der Waals surface area (Å²) in [6.45, 7) is 6.60. The molecule has 0 saturated carbocycles. The summed E-state index contributed by atoms with van der Waals surface area (Å²) >= 11 is 3.17. The fraction of sp³-hybridized carbons (Fsp3) is 0.533. The van der Waals surface area contributed by atoms with Gasteiger partial charge in [-0.25, -0.2) is 9.97 Å². The van der Waals surface area contributed by atoms with E-state index >= 15 is 0 Å². The molecule has 0 radical (unpaired) electrons. The lowest BCUT2D eigenvalue weighted by Crippen LogP contribution is -2.48. The van der Waals surface area contributed by atoms with E-state index in [4.69, 9.17) is 5.73 Å². The van der Waals surface area contributed by atoms with E-state index in [9.17, 15) is 4.79 Å². The zero-order valence-electron chi connectivity index (χ0n) is 14.0. The molecular formula is C15H23Cl2N5OS2. The summed E-state index contributed by atoms with van der Waals surface area (Å²) in [6, 6.07) is 0. The first-order valence-electron chi connectivity index (χ1n) is 7.79. The average Bonchev–Trinajstić information content (AvgIpc) is 3.24. The van der Waals surface area contributed by atoms with E-state index in [-0.39, 0.29) is 30.7 Å². The van der Waals surface area contributed by atoms with E-state index < -0.39 is 0 Å². The Balaban J connectivity index is 0.00000156. The molecule has 6 nitrogen and oxygen atoms in total. The largest absolute Gasteiger partial charge is 0.335 e. The fourth-order valence-electron chi connectivity index (χ4n) is 2.59. The van der Waals surface area contributed by atoms with Crippen molar-refractivity contribution in [3.05, 3.63) is 32.2 Å². The van der Waals surface area contributed by atoms with Crippen LogP contribution in [0.1, 0.15) is 33.1 Å². The number of hydrogen-bond donors (Lipinski definition) is 1. The third-order valence-electron chi connectivity index (χ3n) is 3.89. The summed E-state index contributed by atoms with van der Waals surface area (Å²) in [4.78, 5) is 25.6. The van der Waals surface area contributed by atoms with Gasteiger partial charge in [0.05, 0.1) is 10.7 Å². The van der Waals surface area contributed by atoms with Crippen LogP contribution in [-0.4, -0.2) is 51.9 Å². The molecule has 1 saturated heterocycles. The van der Waals surface area contributed by atoms with Crippen LogP contribution in [0.4, 0.5) is 0 Å². The minimum absolute atomic E-state index is 0. The Labute approximate surface area is 168 Å². The van der Waals surface area contributed by atoms with Crippen LogP contribution in [0.3, 0.4) is 0 Å². The van der Waals surface area contributed by atoms with Crippen LogP contribution in [-0.2, 0) is 19.5 Å². The van der Waals surface area contributed by atoms with Gasteiger partial charge in [-0.3, -0.25) is 9.69 Å². The molecule has 2 aromatic heterocycles. The maximum absolute atomic E-state index is 12.4. The van der Waals surface area contributed by atoms with Gasteiger partial charge in [-0.05, 0) is 6.42 Å². The summed E-state index contributed by atoms with van der Waals surface area (Å²) in [5.74, 6) is 0.0162. The molecule has 3 heterocycles. The maximum Gasteiger partial charge on any atom is 0.273 e. The van der Waals surface area contributed by atoms with Crippen LogP contribution in [0.2, 0.25) is 0 Å². The number of carbonyl (C=O) groups excluding carboxylic acids is 1. The molecule has 10 heteroatoms. The zero-order chi connectivity index (χ0) is 16.2. The second kappa shape index (κ2) is 10.4. The topological polar surface area (TPSA) is 75.4 Å². The molecule has 140 valence electrons. The number of rotatable bonds is 5. The molecule has 0 unspecified atom stereocenters. The molecule has 1 amide bonds. The molecule has 0 spiro atoms. The first-order valence-corrected chi connectivity index (χ1v) is 9.55. The van der Waals surface area contributed by atoms with Crippen molar-refractivity contribution in [3.63, 3.8) is 0 Å². The minimum Gasteiger partial charge on any atom is -0.335 e. The minimum atomic E-state index is 0. The van der Waals surface area contributed by atoms with Crippen molar-refractivity contribution in [3.8, 4) is 0 Å². The third kappa shape index (κ3) is 5.60. The van der Waals surface area contributed by atoms with Crippen molar-refractivity contribution in [2.45, 2.75) is 26.4 Å². The Morgan fingerprint density at radius 3 is 2.36 bits per heavy atom. The van der Waals surface area contributed by atoms with Crippen LogP contribution in [0, 0.1) is 0 Å². The monoisotopic (exact) mass is 423 g/mol. The highest BCUT2D eigenvalue weighted by molar-refractivity contribution is 7.10. The lowest BCUT2D eigenvalue weighted by Gasteiger charge is -2.34. The van der Waals surface area contributed by atoms with E-state index in [1.165, 1.54) is 16.3 Å². The highest BCUT2D eigenvalue weighted by atomic mass is 35.5. The van der Waals surface area contributed by atoms with Crippen LogP contribution >= 0.6 is 47.5 Å². The molecule has 0 atom stereocenters. The van der Waals surface area contributed by atoms with Gasteiger partial charge in [-0.2, -0.15) is 0 Å². The lowest BCUT2D eigenvalue weighted by molar-refractivity contribution is 0.0622. The van der Waals surface area contributed by atoms with Gasteiger partial charge in [0.2, 0.25) is 0 Å². The Kier molecular flexibility index (Phi) is 9.26. The second-order valence-corrected chi connectivity index (χ2v) is 7.37. The maximum atomic E-state index is 12.4. The molecular weight excluding hydrogens is 401 g/mol. The Morgan fingerprint density at radius 1 is 1.12 bits per heavy atom. The number of amides is 1. The number of halogens is 2. The van der Waals surface area contributed by atoms with Crippen molar-refractivity contribution in [1.82, 2.24) is 19.8 Å². The quantitative estimate of drug-likeness (QED) is 0.798. The van der Waals surface area contributed by atoms with E-state index in [1.807, 2.05) is 4.90 Å². The zero-order valence-corrected chi connectivity index (χ0v) is 17.3. The molecule has 0 aromatic carbocycles. The standard InChI is InChI=1S/C15H21N5OS2.2ClH/c1-2-13-17-11(9-22-13)8-19-3-5-20(6-4-19)15(21)12-10-23-14(7-16)18-12;;/h9-10H,2-8,16H2,1H3;2*1H. The molecule has 0 aliphatic carbocycles. The molecule has 2 N–H and O–H groups in total. The van der Waals surface area contributed by atoms with Gasteiger partial charge in [0.1, 0.15) is 10.7 Å². The number of thiazole rings is 2. The van der Waals surface area contributed by atoms with Crippen LogP contribution in [0.5, 0.6) is 0 Å². The van der Waals surface area contributed by atoms with Crippen molar-refractivity contribution in [1.29, 1.82) is 0 Å². The molecule has 2 aromatic rings. The van der Waals surface area contributed by atoms with Gasteiger partial charge in [0, 0.05) is 50.0 Å². The van der Waals surface area contributed by atoms with Crippen molar-refractivity contribution in [2.75, 3.05) is 26.2 Å². The SMILES string of the molecule is CCc1nc(CN2CCN(C(=O)c3csc(CN)n3)CC2)cs1.Cl.Cl. The predicted octanol–water partition coefficient (Wildman–Crippen LogP) is 2.42. The van der Waals surface area contributed by atoms with Crippen molar-refractivity contribution < 1.29 is 4.79 Å².